The monoisotopic (exact) mass is 409 g/mol. The average molecular weight is 410 g/mol. The smallest absolute Gasteiger partial charge is 0.311 e. The van der Waals surface area contributed by atoms with E-state index in [2.05, 4.69) is 24.1 Å². The standard InChI is InChI=1S/C27H39NO2/c1-2-3-4-5-6-7-8-9-10-11-12-13-14-15-16-22-26(29)30-25-21-17-19-24-20-18-23-28-27(24)25/h9-10,17-21,23H,2-8,11-16,22H2,1H3/b10-9-. The minimum Gasteiger partial charge on any atom is -0.424 e. The molecule has 0 unspecified atom stereocenters. The van der Waals surface area contributed by atoms with Crippen LogP contribution in [0.4, 0.5) is 0 Å². The summed E-state index contributed by atoms with van der Waals surface area (Å²) in [5.41, 5.74) is 0.748. The van der Waals surface area contributed by atoms with Crippen molar-refractivity contribution in [2.75, 3.05) is 0 Å². The molecule has 0 spiro atoms. The SMILES string of the molecule is CCCCCCCC/C=C\CCCCCCCC(=O)Oc1cccc2cccnc12. The van der Waals surface area contributed by atoms with Gasteiger partial charge >= 0.3 is 5.97 Å². The van der Waals surface area contributed by atoms with Crippen LogP contribution in [0.2, 0.25) is 0 Å². The number of hydrogen-bond acceptors (Lipinski definition) is 3. The normalized spacial score (nSPS) is 11.4. The molecule has 0 atom stereocenters. The first kappa shape index (κ1) is 24.1. The Bertz CT molecular complexity index is 748. The van der Waals surface area contributed by atoms with Gasteiger partial charge < -0.3 is 4.74 Å². The number of hydrogen-bond donors (Lipinski definition) is 0. The van der Waals surface area contributed by atoms with E-state index >= 15 is 0 Å². The van der Waals surface area contributed by atoms with Crippen LogP contribution in [-0.2, 0) is 4.79 Å². The van der Waals surface area contributed by atoms with Gasteiger partial charge in [0, 0.05) is 18.0 Å². The summed E-state index contributed by atoms with van der Waals surface area (Å²) in [6, 6.07) is 9.55. The third-order valence-corrected chi connectivity index (χ3v) is 5.46. The fraction of sp³-hybridized carbons (Fsp3) is 0.556. The molecule has 0 amide bonds. The molecule has 0 aliphatic carbocycles. The van der Waals surface area contributed by atoms with Gasteiger partial charge in [-0.3, -0.25) is 9.78 Å². The lowest BCUT2D eigenvalue weighted by Gasteiger charge is -2.07. The molecule has 2 rings (SSSR count). The van der Waals surface area contributed by atoms with Crippen LogP contribution >= 0.6 is 0 Å². The van der Waals surface area contributed by atoms with Crippen LogP contribution in [-0.4, -0.2) is 11.0 Å². The number of unbranched alkanes of at least 4 members (excludes halogenated alkanes) is 11. The first-order chi connectivity index (χ1) is 14.8. The van der Waals surface area contributed by atoms with Gasteiger partial charge in [-0.05, 0) is 44.2 Å². The third-order valence-electron chi connectivity index (χ3n) is 5.46. The summed E-state index contributed by atoms with van der Waals surface area (Å²) in [6.07, 6.45) is 23.2. The Morgan fingerprint density at radius 3 is 2.20 bits per heavy atom. The summed E-state index contributed by atoms with van der Waals surface area (Å²) in [4.78, 5) is 16.5. The predicted octanol–water partition coefficient (Wildman–Crippen LogP) is 8.18. The van der Waals surface area contributed by atoms with Crippen molar-refractivity contribution in [1.82, 2.24) is 4.98 Å². The van der Waals surface area contributed by atoms with E-state index in [4.69, 9.17) is 4.74 Å². The summed E-state index contributed by atoms with van der Waals surface area (Å²) in [5, 5.41) is 0.990. The molecular weight excluding hydrogens is 370 g/mol. The van der Waals surface area contributed by atoms with Crippen molar-refractivity contribution in [3.8, 4) is 5.75 Å². The van der Waals surface area contributed by atoms with E-state index in [-0.39, 0.29) is 5.97 Å². The average Bonchev–Trinajstić information content (AvgIpc) is 2.76. The van der Waals surface area contributed by atoms with E-state index in [9.17, 15) is 4.79 Å². The maximum absolute atomic E-state index is 12.1. The van der Waals surface area contributed by atoms with Gasteiger partial charge in [0.2, 0.25) is 0 Å². The van der Waals surface area contributed by atoms with Gasteiger partial charge in [0.15, 0.2) is 5.75 Å². The Morgan fingerprint density at radius 1 is 0.833 bits per heavy atom. The highest BCUT2D eigenvalue weighted by atomic mass is 16.5. The Morgan fingerprint density at radius 2 is 1.47 bits per heavy atom. The zero-order valence-electron chi connectivity index (χ0n) is 18.8. The Balaban J connectivity index is 1.45. The molecule has 1 aromatic heterocycles. The molecule has 0 saturated heterocycles. The number of ether oxygens (including phenoxy) is 1. The lowest BCUT2D eigenvalue weighted by Crippen LogP contribution is -2.08. The molecule has 2 aromatic rings. The largest absolute Gasteiger partial charge is 0.424 e. The van der Waals surface area contributed by atoms with E-state index in [0.29, 0.717) is 12.2 Å². The van der Waals surface area contributed by atoms with Crippen molar-refractivity contribution < 1.29 is 9.53 Å². The summed E-state index contributed by atoms with van der Waals surface area (Å²) in [6.45, 7) is 2.27. The summed E-state index contributed by atoms with van der Waals surface area (Å²) in [5.74, 6) is 0.400. The highest BCUT2D eigenvalue weighted by Crippen LogP contribution is 2.23. The fourth-order valence-electron chi connectivity index (χ4n) is 3.67. The minimum atomic E-state index is -0.161. The summed E-state index contributed by atoms with van der Waals surface area (Å²) in [7, 11) is 0. The lowest BCUT2D eigenvalue weighted by molar-refractivity contribution is -0.134. The molecule has 1 aromatic carbocycles. The molecule has 3 heteroatoms. The van der Waals surface area contributed by atoms with E-state index in [1.807, 2.05) is 30.3 Å². The number of carbonyl (C=O) groups is 1. The minimum absolute atomic E-state index is 0.161. The van der Waals surface area contributed by atoms with Crippen molar-refractivity contribution in [2.45, 2.75) is 96.8 Å². The van der Waals surface area contributed by atoms with Crippen LogP contribution in [0.15, 0.2) is 48.7 Å². The molecule has 0 fully saturated rings. The number of benzene rings is 1. The quantitative estimate of drug-likeness (QED) is 0.121. The lowest BCUT2D eigenvalue weighted by atomic mass is 10.1. The van der Waals surface area contributed by atoms with Crippen molar-refractivity contribution in [1.29, 1.82) is 0 Å². The van der Waals surface area contributed by atoms with Crippen LogP contribution in [0.3, 0.4) is 0 Å². The number of nitrogens with zero attached hydrogens (tertiary/aromatic N) is 1. The molecular formula is C27H39NO2. The second-order valence-corrected chi connectivity index (χ2v) is 8.14. The first-order valence-electron chi connectivity index (χ1n) is 12.0. The van der Waals surface area contributed by atoms with Gasteiger partial charge in [-0.2, -0.15) is 0 Å². The van der Waals surface area contributed by atoms with Gasteiger partial charge in [0.05, 0.1) is 0 Å². The molecule has 0 aliphatic rings. The van der Waals surface area contributed by atoms with Crippen LogP contribution in [0.5, 0.6) is 5.75 Å². The molecule has 164 valence electrons. The number of allylic oxidation sites excluding steroid dienone is 2. The van der Waals surface area contributed by atoms with Crippen molar-refractivity contribution >= 4 is 16.9 Å². The molecule has 0 aliphatic heterocycles. The predicted molar refractivity (Wildman–Crippen MR) is 127 cm³/mol. The summed E-state index contributed by atoms with van der Waals surface area (Å²) >= 11 is 0. The highest BCUT2D eigenvalue weighted by Gasteiger charge is 2.08. The highest BCUT2D eigenvalue weighted by molar-refractivity contribution is 5.86. The second-order valence-electron chi connectivity index (χ2n) is 8.14. The van der Waals surface area contributed by atoms with Crippen LogP contribution in [0, 0.1) is 0 Å². The zero-order valence-corrected chi connectivity index (χ0v) is 18.8. The number of pyridine rings is 1. The first-order valence-corrected chi connectivity index (χ1v) is 12.0. The maximum atomic E-state index is 12.1. The second kappa shape index (κ2) is 15.6. The molecule has 30 heavy (non-hydrogen) atoms. The zero-order chi connectivity index (χ0) is 21.3. The van der Waals surface area contributed by atoms with Gasteiger partial charge in [-0.25, -0.2) is 0 Å². The Hall–Kier alpha value is -2.16. The van der Waals surface area contributed by atoms with Crippen LogP contribution in [0.25, 0.3) is 10.9 Å². The van der Waals surface area contributed by atoms with Crippen LogP contribution in [0.1, 0.15) is 96.8 Å². The maximum Gasteiger partial charge on any atom is 0.311 e. The Labute approximate surface area is 182 Å². The van der Waals surface area contributed by atoms with Gasteiger partial charge in [0.1, 0.15) is 5.52 Å². The molecule has 0 saturated carbocycles. The van der Waals surface area contributed by atoms with Gasteiger partial charge in [-0.15, -0.1) is 0 Å². The van der Waals surface area contributed by atoms with Crippen molar-refractivity contribution in [3.05, 3.63) is 48.7 Å². The molecule has 1 heterocycles. The molecule has 0 N–H and O–H groups in total. The number of aromatic nitrogens is 1. The summed E-state index contributed by atoms with van der Waals surface area (Å²) < 4.78 is 5.54. The van der Waals surface area contributed by atoms with E-state index in [1.54, 1.807) is 6.20 Å². The number of carbonyl (C=O) groups excluding carboxylic acids is 1. The van der Waals surface area contributed by atoms with Crippen molar-refractivity contribution in [2.24, 2.45) is 0 Å². The third kappa shape index (κ3) is 10.0. The van der Waals surface area contributed by atoms with Crippen molar-refractivity contribution in [3.63, 3.8) is 0 Å². The van der Waals surface area contributed by atoms with Crippen LogP contribution < -0.4 is 4.74 Å². The number of rotatable bonds is 16. The Kier molecular flexibility index (Phi) is 12.6. The number of para-hydroxylation sites is 1. The van der Waals surface area contributed by atoms with E-state index < -0.39 is 0 Å². The molecule has 3 nitrogen and oxygen atoms in total. The van der Waals surface area contributed by atoms with Gasteiger partial charge in [0.25, 0.3) is 0 Å². The molecule has 0 bridgehead atoms. The van der Waals surface area contributed by atoms with E-state index in [0.717, 1.165) is 23.7 Å². The fourth-order valence-corrected chi connectivity index (χ4v) is 3.67. The van der Waals surface area contributed by atoms with Gasteiger partial charge in [-0.1, -0.05) is 88.6 Å². The number of esters is 1. The van der Waals surface area contributed by atoms with E-state index in [1.165, 1.54) is 70.6 Å². The number of fused-ring (bicyclic) bond motifs is 1. The molecule has 0 radical (unpaired) electrons. The topological polar surface area (TPSA) is 39.2 Å².